The molecule has 8 heteroatoms. The quantitative estimate of drug-likeness (QED) is 0.850. The molecule has 1 atom stereocenters. The van der Waals surface area contributed by atoms with Crippen molar-refractivity contribution >= 4 is 27.5 Å². The van der Waals surface area contributed by atoms with Crippen LogP contribution in [0.2, 0.25) is 0 Å². The Labute approximate surface area is 137 Å². The lowest BCUT2D eigenvalue weighted by Gasteiger charge is -2.16. The molecule has 0 aromatic heterocycles. The first kappa shape index (κ1) is 16.3. The lowest BCUT2D eigenvalue weighted by molar-refractivity contribution is -0.121. The summed E-state index contributed by atoms with van der Waals surface area (Å²) in [5, 5.41) is 4.94. The van der Waals surface area contributed by atoms with E-state index in [1.54, 1.807) is 30.3 Å². The monoisotopic (exact) mass is 348 g/mol. The minimum absolute atomic E-state index is 0.0702. The Hall–Kier alpha value is -2.58. The van der Waals surface area contributed by atoms with Gasteiger partial charge in [0.1, 0.15) is 5.82 Å². The number of anilines is 1. The standard InChI is InChI=1S/C16H13FN2O4S/c17-13-8-11(24(18,22)23)6-7-14(13)19-15(20)9-12(16(19)21)10-4-2-1-3-5-10/h1-8,12H,9H2,(H2,18,22,23)/t12-/m0/s1. The number of carbonyl (C=O) groups excluding carboxylic acids is 2. The van der Waals surface area contributed by atoms with Crippen molar-refractivity contribution in [3.05, 3.63) is 59.9 Å². The molecule has 0 bridgehead atoms. The molecule has 1 heterocycles. The predicted octanol–water partition coefficient (Wildman–Crippen LogP) is 1.52. The fourth-order valence-corrected chi connectivity index (χ4v) is 3.20. The van der Waals surface area contributed by atoms with Gasteiger partial charge in [-0.1, -0.05) is 30.3 Å². The van der Waals surface area contributed by atoms with Crippen LogP contribution in [-0.4, -0.2) is 20.2 Å². The largest absolute Gasteiger partial charge is 0.274 e. The van der Waals surface area contributed by atoms with Crippen molar-refractivity contribution in [2.45, 2.75) is 17.2 Å². The molecule has 3 rings (SSSR count). The molecule has 1 aliphatic rings. The van der Waals surface area contributed by atoms with Gasteiger partial charge in [0.15, 0.2) is 0 Å². The maximum atomic E-state index is 14.2. The Kier molecular flexibility index (Phi) is 3.94. The highest BCUT2D eigenvalue weighted by Crippen LogP contribution is 2.34. The summed E-state index contributed by atoms with van der Waals surface area (Å²) in [6.45, 7) is 0. The van der Waals surface area contributed by atoms with Crippen molar-refractivity contribution in [3.63, 3.8) is 0 Å². The highest BCUT2D eigenvalue weighted by molar-refractivity contribution is 7.89. The van der Waals surface area contributed by atoms with Gasteiger partial charge in [0, 0.05) is 6.42 Å². The average Bonchev–Trinajstić information content (AvgIpc) is 2.82. The van der Waals surface area contributed by atoms with Gasteiger partial charge in [-0.25, -0.2) is 22.8 Å². The second kappa shape index (κ2) is 5.81. The summed E-state index contributed by atoms with van der Waals surface area (Å²) in [7, 11) is -4.07. The van der Waals surface area contributed by atoms with Gasteiger partial charge < -0.3 is 0 Å². The van der Waals surface area contributed by atoms with Crippen LogP contribution in [0, 0.1) is 5.82 Å². The normalized spacial score (nSPS) is 18.2. The number of imide groups is 1. The topological polar surface area (TPSA) is 97.5 Å². The predicted molar refractivity (Wildman–Crippen MR) is 84.1 cm³/mol. The summed E-state index contributed by atoms with van der Waals surface area (Å²) in [4.78, 5) is 25.1. The number of nitrogens with zero attached hydrogens (tertiary/aromatic N) is 1. The van der Waals surface area contributed by atoms with Gasteiger partial charge >= 0.3 is 0 Å². The molecule has 0 radical (unpaired) electrons. The number of nitrogens with two attached hydrogens (primary N) is 1. The minimum Gasteiger partial charge on any atom is -0.274 e. The first-order valence-electron chi connectivity index (χ1n) is 7.03. The van der Waals surface area contributed by atoms with E-state index in [4.69, 9.17) is 5.14 Å². The van der Waals surface area contributed by atoms with E-state index in [0.717, 1.165) is 17.0 Å². The van der Waals surface area contributed by atoms with Gasteiger partial charge in [0.2, 0.25) is 21.8 Å². The number of primary sulfonamides is 1. The molecule has 2 N–H and O–H groups in total. The zero-order valence-corrected chi connectivity index (χ0v) is 13.2. The van der Waals surface area contributed by atoms with E-state index in [1.165, 1.54) is 0 Å². The van der Waals surface area contributed by atoms with Crippen molar-refractivity contribution in [2.75, 3.05) is 4.90 Å². The maximum Gasteiger partial charge on any atom is 0.241 e. The molecule has 124 valence electrons. The summed E-state index contributed by atoms with van der Waals surface area (Å²) in [6.07, 6.45) is -0.0702. The second-order valence-corrected chi connectivity index (χ2v) is 6.95. The number of amides is 2. The molecule has 2 amide bonds. The summed E-state index contributed by atoms with van der Waals surface area (Å²) in [5.74, 6) is -2.78. The van der Waals surface area contributed by atoms with Crippen molar-refractivity contribution in [1.29, 1.82) is 0 Å². The van der Waals surface area contributed by atoms with E-state index < -0.39 is 38.5 Å². The Morgan fingerprint density at radius 3 is 2.33 bits per heavy atom. The third kappa shape index (κ3) is 2.81. The number of hydrogen-bond donors (Lipinski definition) is 1. The number of sulfonamides is 1. The lowest BCUT2D eigenvalue weighted by atomic mass is 9.98. The van der Waals surface area contributed by atoms with E-state index >= 15 is 0 Å². The smallest absolute Gasteiger partial charge is 0.241 e. The zero-order valence-electron chi connectivity index (χ0n) is 12.3. The number of carbonyl (C=O) groups is 2. The third-order valence-corrected chi connectivity index (χ3v) is 4.75. The molecule has 0 saturated carbocycles. The first-order chi connectivity index (χ1) is 11.3. The molecule has 0 unspecified atom stereocenters. The van der Waals surface area contributed by atoms with Crippen LogP contribution in [-0.2, 0) is 19.6 Å². The van der Waals surface area contributed by atoms with E-state index in [1.807, 2.05) is 0 Å². The molecule has 24 heavy (non-hydrogen) atoms. The summed E-state index contributed by atoms with van der Waals surface area (Å²) >= 11 is 0. The fraction of sp³-hybridized carbons (Fsp3) is 0.125. The molecule has 0 spiro atoms. The molecular formula is C16H13FN2O4S. The van der Waals surface area contributed by atoms with Gasteiger partial charge in [-0.05, 0) is 23.8 Å². The Bertz CT molecular complexity index is 928. The Morgan fingerprint density at radius 1 is 1.08 bits per heavy atom. The molecule has 0 aliphatic carbocycles. The van der Waals surface area contributed by atoms with Crippen molar-refractivity contribution in [1.82, 2.24) is 0 Å². The van der Waals surface area contributed by atoms with E-state index in [0.29, 0.717) is 11.6 Å². The molecule has 2 aromatic carbocycles. The van der Waals surface area contributed by atoms with Gasteiger partial charge in [0.05, 0.1) is 16.5 Å². The molecule has 2 aromatic rings. The SMILES string of the molecule is NS(=O)(=O)c1ccc(N2C(=O)C[C@@H](c3ccccc3)C2=O)c(F)c1. The third-order valence-electron chi connectivity index (χ3n) is 3.84. The Morgan fingerprint density at radius 2 is 1.75 bits per heavy atom. The van der Waals surface area contributed by atoms with Gasteiger partial charge in [-0.3, -0.25) is 9.59 Å². The molecule has 1 aliphatic heterocycles. The summed E-state index contributed by atoms with van der Waals surface area (Å²) in [5.41, 5.74) is 0.385. The summed E-state index contributed by atoms with van der Waals surface area (Å²) in [6, 6.07) is 11.5. The van der Waals surface area contributed by atoms with Crippen LogP contribution in [0.4, 0.5) is 10.1 Å². The lowest BCUT2D eigenvalue weighted by Crippen LogP contribution is -2.31. The Balaban J connectivity index is 1.98. The highest BCUT2D eigenvalue weighted by Gasteiger charge is 2.41. The van der Waals surface area contributed by atoms with Gasteiger partial charge in [0.25, 0.3) is 0 Å². The molecule has 6 nitrogen and oxygen atoms in total. The van der Waals surface area contributed by atoms with Crippen molar-refractivity contribution < 1.29 is 22.4 Å². The maximum absolute atomic E-state index is 14.2. The zero-order chi connectivity index (χ0) is 17.5. The van der Waals surface area contributed by atoms with Gasteiger partial charge in [-0.15, -0.1) is 0 Å². The number of benzene rings is 2. The second-order valence-electron chi connectivity index (χ2n) is 5.39. The molecule has 1 fully saturated rings. The van der Waals surface area contributed by atoms with Crippen LogP contribution in [0.5, 0.6) is 0 Å². The minimum atomic E-state index is -4.07. The first-order valence-corrected chi connectivity index (χ1v) is 8.58. The average molecular weight is 348 g/mol. The van der Waals surface area contributed by atoms with Crippen molar-refractivity contribution in [2.24, 2.45) is 5.14 Å². The van der Waals surface area contributed by atoms with E-state index in [-0.39, 0.29) is 12.1 Å². The van der Waals surface area contributed by atoms with E-state index in [9.17, 15) is 22.4 Å². The van der Waals surface area contributed by atoms with Crippen LogP contribution in [0.1, 0.15) is 17.9 Å². The van der Waals surface area contributed by atoms with E-state index in [2.05, 4.69) is 0 Å². The van der Waals surface area contributed by atoms with Crippen LogP contribution >= 0.6 is 0 Å². The molecule has 1 saturated heterocycles. The van der Waals surface area contributed by atoms with Crippen LogP contribution in [0.3, 0.4) is 0 Å². The molecular weight excluding hydrogens is 335 g/mol. The summed E-state index contributed by atoms with van der Waals surface area (Å²) < 4.78 is 36.7. The number of rotatable bonds is 3. The van der Waals surface area contributed by atoms with Gasteiger partial charge in [-0.2, -0.15) is 0 Å². The van der Waals surface area contributed by atoms with Crippen LogP contribution in [0.25, 0.3) is 0 Å². The van der Waals surface area contributed by atoms with Crippen LogP contribution in [0.15, 0.2) is 53.4 Å². The van der Waals surface area contributed by atoms with Crippen molar-refractivity contribution in [3.8, 4) is 0 Å². The van der Waals surface area contributed by atoms with Crippen LogP contribution < -0.4 is 10.0 Å². The fourth-order valence-electron chi connectivity index (χ4n) is 2.68. The number of hydrogen-bond acceptors (Lipinski definition) is 4. The number of halogens is 1. The highest BCUT2D eigenvalue weighted by atomic mass is 32.2.